The summed E-state index contributed by atoms with van der Waals surface area (Å²) in [6.45, 7) is 16.7. The van der Waals surface area contributed by atoms with E-state index in [1.165, 1.54) is 0 Å². The van der Waals surface area contributed by atoms with E-state index in [0.717, 1.165) is 56.9 Å². The van der Waals surface area contributed by atoms with E-state index < -0.39 is 26.0 Å². The molecule has 10 nitrogen and oxygen atoms in total. The molecule has 1 fully saturated rings. The molecule has 0 radical (unpaired) electrons. The van der Waals surface area contributed by atoms with E-state index in [9.17, 15) is 8.42 Å². The molecule has 1 aliphatic rings. The van der Waals surface area contributed by atoms with Gasteiger partial charge in [-0.1, -0.05) is 87.8 Å². The first-order valence-corrected chi connectivity index (χ1v) is 26.7. The van der Waals surface area contributed by atoms with Crippen molar-refractivity contribution in [3.8, 4) is 22.3 Å². The van der Waals surface area contributed by atoms with Crippen LogP contribution in [0.4, 0.5) is 11.6 Å². The molecule has 6 rings (SSSR count). The van der Waals surface area contributed by atoms with Gasteiger partial charge in [-0.25, -0.2) is 13.4 Å². The van der Waals surface area contributed by atoms with Crippen LogP contribution in [0.1, 0.15) is 0 Å². The summed E-state index contributed by atoms with van der Waals surface area (Å²) in [6, 6.07) is 22.4. The topological polar surface area (TPSA) is 102 Å². The van der Waals surface area contributed by atoms with Crippen molar-refractivity contribution >= 4 is 54.2 Å². The summed E-state index contributed by atoms with van der Waals surface area (Å²) in [4.78, 5) is 14.3. The summed E-state index contributed by atoms with van der Waals surface area (Å²) in [7, 11) is -5.77. The van der Waals surface area contributed by atoms with Gasteiger partial charge in [-0.3, -0.25) is 4.98 Å². The van der Waals surface area contributed by atoms with E-state index in [0.29, 0.717) is 45.4 Å². The summed E-state index contributed by atoms with van der Waals surface area (Å²) in [5.74, 6) is 1.67. The number of para-hydroxylation sites is 1. The monoisotopic (exact) mass is 730 g/mol. The third-order valence-corrected chi connectivity index (χ3v) is 14.0. The third-order valence-electron chi connectivity index (χ3n) is 9.00. The van der Waals surface area contributed by atoms with Crippen LogP contribution in [0.15, 0.2) is 73.1 Å². The number of aromatic nitrogens is 4. The van der Waals surface area contributed by atoms with Crippen molar-refractivity contribution in [2.75, 3.05) is 61.1 Å². The highest BCUT2D eigenvalue weighted by Gasteiger charge is 2.31. The fourth-order valence-electron chi connectivity index (χ4n) is 5.96. The largest absolute Gasteiger partial charge is 0.361 e. The van der Waals surface area contributed by atoms with Gasteiger partial charge in [-0.15, -0.1) is 0 Å². The minimum absolute atomic E-state index is 0.0768. The normalized spacial score (nSPS) is 15.2. The van der Waals surface area contributed by atoms with E-state index in [1.54, 1.807) is 0 Å². The second-order valence-corrected chi connectivity index (χ2v) is 29.1. The Morgan fingerprint density at radius 1 is 0.800 bits per heavy atom. The zero-order valence-corrected chi connectivity index (χ0v) is 33.0. The Balaban J connectivity index is 1.54. The molecule has 1 aliphatic heterocycles. The van der Waals surface area contributed by atoms with Crippen LogP contribution in [0.2, 0.25) is 51.4 Å². The minimum Gasteiger partial charge on any atom is -0.361 e. The maximum absolute atomic E-state index is 12.6. The standard InChI is InChI=1S/C37H50N6O4SSi2/c1-49(2,3)22-18-46-27-42(28-47-19-23-50(4,5)6)37-34(29-12-8-7-9-13-29)36(41-16-20-48(44,45)21-17-41)40-35-32(26-39-43(35)37)31-24-30-14-10-11-15-33(30)38-25-31/h7-15,24-26H,16-23,27-28H2,1-6H3. The van der Waals surface area contributed by atoms with Crippen molar-refractivity contribution in [3.05, 3.63) is 73.1 Å². The average molecular weight is 731 g/mol. The quantitative estimate of drug-likeness (QED) is 0.0663. The molecule has 2 aromatic carbocycles. The summed E-state index contributed by atoms with van der Waals surface area (Å²) in [5, 5.41) is 6.03. The van der Waals surface area contributed by atoms with Gasteiger partial charge in [-0.05, 0) is 29.8 Å². The molecule has 0 N–H and O–H groups in total. The number of pyridine rings is 1. The van der Waals surface area contributed by atoms with Gasteiger partial charge in [0.15, 0.2) is 15.5 Å². The lowest BCUT2D eigenvalue weighted by Crippen LogP contribution is -2.41. The average Bonchev–Trinajstić information content (AvgIpc) is 3.50. The number of benzene rings is 2. The van der Waals surface area contributed by atoms with Crippen LogP contribution in [0, 0.1) is 0 Å². The van der Waals surface area contributed by atoms with Gasteiger partial charge in [-0.2, -0.15) is 9.61 Å². The number of hydrogen-bond donors (Lipinski definition) is 0. The van der Waals surface area contributed by atoms with Crippen LogP contribution < -0.4 is 9.80 Å². The number of hydrogen-bond acceptors (Lipinski definition) is 9. The Labute approximate surface area is 298 Å². The molecule has 0 aliphatic carbocycles. The smallest absolute Gasteiger partial charge is 0.167 e. The van der Waals surface area contributed by atoms with E-state index in [4.69, 9.17) is 24.5 Å². The van der Waals surface area contributed by atoms with E-state index >= 15 is 0 Å². The van der Waals surface area contributed by atoms with Crippen LogP contribution in [0.3, 0.4) is 0 Å². The fourth-order valence-corrected chi connectivity index (χ4v) is 8.68. The summed E-state index contributed by atoms with van der Waals surface area (Å²) >= 11 is 0. The van der Waals surface area contributed by atoms with Crippen molar-refractivity contribution in [3.63, 3.8) is 0 Å². The number of rotatable bonds is 14. The first-order chi connectivity index (χ1) is 23.8. The predicted molar refractivity (Wildman–Crippen MR) is 210 cm³/mol. The Bertz CT molecular complexity index is 2010. The highest BCUT2D eigenvalue weighted by molar-refractivity contribution is 7.91. The Morgan fingerprint density at radius 3 is 2.06 bits per heavy atom. The van der Waals surface area contributed by atoms with Gasteiger partial charge in [0.1, 0.15) is 25.1 Å². The SMILES string of the molecule is C[Si](C)(C)CCOCN(COCC[Si](C)(C)C)c1c(-c2ccccc2)c(N2CCS(=O)(=O)CC2)nc2c(-c3cnc4ccccc4c3)cnn12. The van der Waals surface area contributed by atoms with Crippen LogP contribution in [0.25, 0.3) is 38.8 Å². The summed E-state index contributed by atoms with van der Waals surface area (Å²) in [6.07, 6.45) is 3.73. The third kappa shape index (κ3) is 8.80. The van der Waals surface area contributed by atoms with Gasteiger partial charge in [0.2, 0.25) is 0 Å². The molecule has 266 valence electrons. The number of fused-ring (bicyclic) bond motifs is 2. The van der Waals surface area contributed by atoms with Crippen LogP contribution in [-0.4, -0.2) is 95.4 Å². The van der Waals surface area contributed by atoms with Crippen LogP contribution >= 0.6 is 0 Å². The minimum atomic E-state index is -3.12. The van der Waals surface area contributed by atoms with Crippen molar-refractivity contribution in [2.45, 2.75) is 51.4 Å². The molecule has 0 unspecified atom stereocenters. The molecule has 0 bridgehead atoms. The van der Waals surface area contributed by atoms with Crippen molar-refractivity contribution < 1.29 is 17.9 Å². The fraction of sp³-hybridized carbons (Fsp3) is 0.432. The first-order valence-electron chi connectivity index (χ1n) is 17.5. The molecule has 1 saturated heterocycles. The maximum atomic E-state index is 12.6. The maximum Gasteiger partial charge on any atom is 0.167 e. The number of sulfone groups is 1. The van der Waals surface area contributed by atoms with Crippen LogP contribution in [-0.2, 0) is 19.3 Å². The Kier molecular flexibility index (Phi) is 10.8. The van der Waals surface area contributed by atoms with Gasteiger partial charge in [0, 0.05) is 65.2 Å². The molecule has 50 heavy (non-hydrogen) atoms. The van der Waals surface area contributed by atoms with Gasteiger partial charge in [0.05, 0.1) is 28.8 Å². The zero-order chi connectivity index (χ0) is 35.5. The molecule has 13 heteroatoms. The second kappa shape index (κ2) is 14.9. The molecule has 0 saturated carbocycles. The van der Waals surface area contributed by atoms with Gasteiger partial charge < -0.3 is 19.3 Å². The number of nitrogens with zero attached hydrogens (tertiary/aromatic N) is 6. The lowest BCUT2D eigenvalue weighted by molar-refractivity contribution is 0.0943. The second-order valence-electron chi connectivity index (χ2n) is 15.6. The van der Waals surface area contributed by atoms with Crippen molar-refractivity contribution in [1.82, 2.24) is 19.6 Å². The highest BCUT2D eigenvalue weighted by Crippen LogP contribution is 2.41. The van der Waals surface area contributed by atoms with E-state index in [-0.39, 0.29) is 11.5 Å². The zero-order valence-electron chi connectivity index (χ0n) is 30.2. The van der Waals surface area contributed by atoms with E-state index in [2.05, 4.69) is 73.3 Å². The van der Waals surface area contributed by atoms with E-state index in [1.807, 2.05) is 53.3 Å². The molecule has 0 spiro atoms. The van der Waals surface area contributed by atoms with Crippen LogP contribution in [0.5, 0.6) is 0 Å². The van der Waals surface area contributed by atoms with Gasteiger partial charge in [0.25, 0.3) is 0 Å². The highest BCUT2D eigenvalue weighted by atomic mass is 32.2. The van der Waals surface area contributed by atoms with Gasteiger partial charge >= 0.3 is 0 Å². The Morgan fingerprint density at radius 2 is 1.42 bits per heavy atom. The first kappa shape index (κ1) is 36.2. The molecule has 0 atom stereocenters. The molecule has 5 aromatic rings. The van der Waals surface area contributed by atoms with Crippen molar-refractivity contribution in [2.24, 2.45) is 0 Å². The van der Waals surface area contributed by atoms with Crippen molar-refractivity contribution in [1.29, 1.82) is 0 Å². The molecule has 3 aromatic heterocycles. The predicted octanol–water partition coefficient (Wildman–Crippen LogP) is 7.28. The Hall–Kier alpha value is -3.63. The lowest BCUT2D eigenvalue weighted by Gasteiger charge is -2.33. The number of ether oxygens (including phenoxy) is 2. The molecular formula is C37H50N6O4SSi2. The molecule has 0 amide bonds. The summed E-state index contributed by atoms with van der Waals surface area (Å²) in [5.41, 5.74) is 5.15. The number of anilines is 2. The summed E-state index contributed by atoms with van der Waals surface area (Å²) < 4.78 is 40.0. The lowest BCUT2D eigenvalue weighted by atomic mass is 10.0. The molecule has 4 heterocycles. The molecular weight excluding hydrogens is 681 g/mol.